The second kappa shape index (κ2) is 7.22. The molecule has 0 aliphatic carbocycles. The van der Waals surface area contributed by atoms with Gasteiger partial charge < -0.3 is 15.2 Å². The Morgan fingerprint density at radius 1 is 1.33 bits per heavy atom. The van der Waals surface area contributed by atoms with Crippen LogP contribution in [0, 0.1) is 12.8 Å². The van der Waals surface area contributed by atoms with Crippen LogP contribution in [0.15, 0.2) is 18.2 Å². The normalized spacial score (nSPS) is 15.7. The SMILES string of the molecule is Cc1ccc(C(=O)O)cc1NC(=O)CCC1CCOCC1. The predicted molar refractivity (Wildman–Crippen MR) is 79.5 cm³/mol. The summed E-state index contributed by atoms with van der Waals surface area (Å²) in [6.07, 6.45) is 3.34. The molecule has 0 saturated carbocycles. The summed E-state index contributed by atoms with van der Waals surface area (Å²) in [5.74, 6) is -0.504. The molecular weight excluding hydrogens is 270 g/mol. The Balaban J connectivity index is 1.89. The molecule has 0 aromatic heterocycles. The lowest BCUT2D eigenvalue weighted by Crippen LogP contribution is -2.19. The maximum absolute atomic E-state index is 12.0. The van der Waals surface area contributed by atoms with Crippen LogP contribution in [-0.2, 0) is 9.53 Å². The summed E-state index contributed by atoms with van der Waals surface area (Å²) < 4.78 is 5.30. The van der Waals surface area contributed by atoms with Crippen LogP contribution in [0.4, 0.5) is 5.69 Å². The summed E-state index contributed by atoms with van der Waals surface area (Å²) in [7, 11) is 0. The zero-order chi connectivity index (χ0) is 15.2. The molecule has 0 atom stereocenters. The van der Waals surface area contributed by atoms with Gasteiger partial charge in [-0.05, 0) is 49.8 Å². The summed E-state index contributed by atoms with van der Waals surface area (Å²) in [6.45, 7) is 3.41. The van der Waals surface area contributed by atoms with Crippen molar-refractivity contribution < 1.29 is 19.4 Å². The van der Waals surface area contributed by atoms with Crippen molar-refractivity contribution in [2.24, 2.45) is 5.92 Å². The number of aryl methyl sites for hydroxylation is 1. The van der Waals surface area contributed by atoms with E-state index in [1.807, 2.05) is 6.92 Å². The van der Waals surface area contributed by atoms with Gasteiger partial charge in [-0.1, -0.05) is 6.07 Å². The first-order chi connectivity index (χ1) is 10.1. The molecule has 1 fully saturated rings. The van der Waals surface area contributed by atoms with E-state index in [-0.39, 0.29) is 11.5 Å². The molecule has 1 saturated heterocycles. The van der Waals surface area contributed by atoms with Crippen molar-refractivity contribution in [2.75, 3.05) is 18.5 Å². The van der Waals surface area contributed by atoms with Crippen molar-refractivity contribution >= 4 is 17.6 Å². The van der Waals surface area contributed by atoms with Gasteiger partial charge in [-0.3, -0.25) is 4.79 Å². The van der Waals surface area contributed by atoms with E-state index in [1.54, 1.807) is 6.07 Å². The molecule has 1 heterocycles. The molecule has 1 amide bonds. The van der Waals surface area contributed by atoms with Gasteiger partial charge in [-0.2, -0.15) is 0 Å². The van der Waals surface area contributed by atoms with E-state index in [1.165, 1.54) is 12.1 Å². The maximum atomic E-state index is 12.0. The third kappa shape index (κ3) is 4.56. The van der Waals surface area contributed by atoms with Crippen molar-refractivity contribution in [2.45, 2.75) is 32.6 Å². The lowest BCUT2D eigenvalue weighted by molar-refractivity contribution is -0.116. The fraction of sp³-hybridized carbons (Fsp3) is 0.500. The summed E-state index contributed by atoms with van der Waals surface area (Å²) >= 11 is 0. The number of carboxylic acid groups (broad SMARTS) is 1. The Kier molecular flexibility index (Phi) is 5.33. The van der Waals surface area contributed by atoms with Crippen LogP contribution < -0.4 is 5.32 Å². The molecule has 5 heteroatoms. The van der Waals surface area contributed by atoms with Gasteiger partial charge in [0.1, 0.15) is 0 Å². The zero-order valence-electron chi connectivity index (χ0n) is 12.2. The molecule has 2 N–H and O–H groups in total. The van der Waals surface area contributed by atoms with Crippen LogP contribution in [0.25, 0.3) is 0 Å². The minimum atomic E-state index is -0.993. The van der Waals surface area contributed by atoms with E-state index in [2.05, 4.69) is 5.32 Å². The van der Waals surface area contributed by atoms with Crippen LogP contribution in [0.5, 0.6) is 0 Å². The highest BCUT2D eigenvalue weighted by atomic mass is 16.5. The largest absolute Gasteiger partial charge is 0.478 e. The minimum Gasteiger partial charge on any atom is -0.478 e. The predicted octanol–water partition coefficient (Wildman–Crippen LogP) is 2.84. The number of rotatable bonds is 5. The molecule has 1 aromatic carbocycles. The van der Waals surface area contributed by atoms with E-state index < -0.39 is 5.97 Å². The van der Waals surface area contributed by atoms with Crippen LogP contribution in [0.2, 0.25) is 0 Å². The standard InChI is InChI=1S/C16H21NO4/c1-11-2-4-13(16(19)20)10-14(11)17-15(18)5-3-12-6-8-21-9-7-12/h2,4,10,12H,3,5-9H2,1H3,(H,17,18)(H,19,20). The van der Waals surface area contributed by atoms with Gasteiger partial charge in [0.2, 0.25) is 5.91 Å². The van der Waals surface area contributed by atoms with Gasteiger partial charge in [-0.25, -0.2) is 4.79 Å². The lowest BCUT2D eigenvalue weighted by Gasteiger charge is -2.21. The van der Waals surface area contributed by atoms with E-state index in [9.17, 15) is 9.59 Å². The van der Waals surface area contributed by atoms with Crippen LogP contribution in [0.3, 0.4) is 0 Å². The Hall–Kier alpha value is -1.88. The first-order valence-corrected chi connectivity index (χ1v) is 7.28. The lowest BCUT2D eigenvalue weighted by atomic mass is 9.95. The third-order valence-corrected chi connectivity index (χ3v) is 3.88. The first kappa shape index (κ1) is 15.5. The Morgan fingerprint density at radius 3 is 2.71 bits per heavy atom. The van der Waals surface area contributed by atoms with E-state index in [4.69, 9.17) is 9.84 Å². The molecule has 0 unspecified atom stereocenters. The number of carbonyl (C=O) groups excluding carboxylic acids is 1. The highest BCUT2D eigenvalue weighted by Gasteiger charge is 2.16. The van der Waals surface area contributed by atoms with Crippen molar-refractivity contribution in [1.29, 1.82) is 0 Å². The molecule has 1 aliphatic heterocycles. The maximum Gasteiger partial charge on any atom is 0.335 e. The van der Waals surface area contributed by atoms with Crippen molar-refractivity contribution in [3.63, 3.8) is 0 Å². The summed E-state index contributed by atoms with van der Waals surface area (Å²) in [5.41, 5.74) is 1.62. The fourth-order valence-electron chi connectivity index (χ4n) is 2.47. The number of anilines is 1. The number of carbonyl (C=O) groups is 2. The molecule has 0 spiro atoms. The quantitative estimate of drug-likeness (QED) is 0.874. The number of aromatic carboxylic acids is 1. The molecule has 2 rings (SSSR count). The molecule has 5 nitrogen and oxygen atoms in total. The summed E-state index contributed by atoms with van der Waals surface area (Å²) in [4.78, 5) is 23.0. The third-order valence-electron chi connectivity index (χ3n) is 3.88. The molecule has 0 bridgehead atoms. The highest BCUT2D eigenvalue weighted by molar-refractivity contribution is 5.94. The summed E-state index contributed by atoms with van der Waals surface area (Å²) in [5, 5.41) is 11.8. The molecule has 0 radical (unpaired) electrons. The first-order valence-electron chi connectivity index (χ1n) is 7.28. The van der Waals surface area contributed by atoms with Crippen LogP contribution in [0.1, 0.15) is 41.6 Å². The number of nitrogens with one attached hydrogen (secondary N) is 1. The molecule has 21 heavy (non-hydrogen) atoms. The molecular formula is C16H21NO4. The average molecular weight is 291 g/mol. The topological polar surface area (TPSA) is 75.6 Å². The highest BCUT2D eigenvalue weighted by Crippen LogP contribution is 2.21. The minimum absolute atomic E-state index is 0.0628. The number of benzene rings is 1. The van der Waals surface area contributed by atoms with E-state index >= 15 is 0 Å². The van der Waals surface area contributed by atoms with Crippen LogP contribution in [-0.4, -0.2) is 30.2 Å². The number of hydrogen-bond acceptors (Lipinski definition) is 3. The van der Waals surface area contributed by atoms with Crippen LogP contribution >= 0.6 is 0 Å². The second-order valence-electron chi connectivity index (χ2n) is 5.48. The van der Waals surface area contributed by atoms with E-state index in [0.29, 0.717) is 18.0 Å². The smallest absolute Gasteiger partial charge is 0.335 e. The van der Waals surface area contributed by atoms with Crippen molar-refractivity contribution in [1.82, 2.24) is 0 Å². The average Bonchev–Trinajstić information content (AvgIpc) is 2.48. The van der Waals surface area contributed by atoms with Gasteiger partial charge in [0.25, 0.3) is 0 Å². The van der Waals surface area contributed by atoms with Crippen molar-refractivity contribution in [3.05, 3.63) is 29.3 Å². The zero-order valence-corrected chi connectivity index (χ0v) is 12.2. The number of hydrogen-bond donors (Lipinski definition) is 2. The second-order valence-corrected chi connectivity index (χ2v) is 5.48. The van der Waals surface area contributed by atoms with Gasteiger partial charge in [0, 0.05) is 25.3 Å². The van der Waals surface area contributed by atoms with Gasteiger partial charge in [-0.15, -0.1) is 0 Å². The Bertz CT molecular complexity index is 521. The Labute approximate surface area is 124 Å². The van der Waals surface area contributed by atoms with Gasteiger partial charge in [0.05, 0.1) is 5.56 Å². The number of amides is 1. The van der Waals surface area contributed by atoms with Gasteiger partial charge >= 0.3 is 5.97 Å². The number of ether oxygens (including phenoxy) is 1. The Morgan fingerprint density at radius 2 is 2.05 bits per heavy atom. The van der Waals surface area contributed by atoms with Gasteiger partial charge in [0.15, 0.2) is 0 Å². The fourth-order valence-corrected chi connectivity index (χ4v) is 2.47. The van der Waals surface area contributed by atoms with E-state index in [0.717, 1.165) is 38.0 Å². The van der Waals surface area contributed by atoms with Crippen molar-refractivity contribution in [3.8, 4) is 0 Å². The molecule has 1 aliphatic rings. The molecule has 1 aromatic rings. The molecule has 114 valence electrons. The monoisotopic (exact) mass is 291 g/mol. The number of carboxylic acids is 1. The summed E-state index contributed by atoms with van der Waals surface area (Å²) in [6, 6.07) is 4.75.